The molecule has 8 nitrogen and oxygen atoms in total. The second-order valence-corrected chi connectivity index (χ2v) is 6.57. The van der Waals surface area contributed by atoms with Gasteiger partial charge in [-0.05, 0) is 25.7 Å². The first-order valence-electron chi connectivity index (χ1n) is 9.37. The molecule has 6 unspecified atom stereocenters. The normalized spacial score (nSPS) is 31.6. The fraction of sp³-hybridized carbons (Fsp3) is 0.889. The lowest BCUT2D eigenvalue weighted by atomic mass is 9.93. The molecule has 0 radical (unpaired) electrons. The van der Waals surface area contributed by atoms with Crippen molar-refractivity contribution in [3.05, 3.63) is 0 Å². The molecule has 0 bridgehead atoms. The van der Waals surface area contributed by atoms with Gasteiger partial charge in [0.15, 0.2) is 35.9 Å². The Bertz CT molecular complexity index is 537. The molecule has 0 aromatic carbocycles. The van der Waals surface area contributed by atoms with Gasteiger partial charge < -0.3 is 18.9 Å². The topological polar surface area (TPSA) is 116 Å². The fourth-order valence-electron chi connectivity index (χ4n) is 2.76. The van der Waals surface area contributed by atoms with Crippen molar-refractivity contribution in [3.8, 4) is 12.1 Å². The number of epoxide rings is 2. The van der Waals surface area contributed by atoms with Crippen LogP contribution in [0.25, 0.3) is 0 Å². The zero-order chi connectivity index (χ0) is 19.2. The SMILES string of the molecule is CCCOC1OC1C(C#N)(CC)N=NC(C#N)(CC)C1OC1OCCC. The first-order chi connectivity index (χ1) is 12.6. The van der Waals surface area contributed by atoms with Gasteiger partial charge >= 0.3 is 0 Å². The van der Waals surface area contributed by atoms with Crippen LogP contribution in [0.15, 0.2) is 10.2 Å². The lowest BCUT2D eigenvalue weighted by Crippen LogP contribution is -2.36. The second kappa shape index (κ2) is 8.88. The summed E-state index contributed by atoms with van der Waals surface area (Å²) in [5.74, 6) is 0. The highest BCUT2D eigenvalue weighted by atomic mass is 16.8. The second-order valence-electron chi connectivity index (χ2n) is 6.57. The quantitative estimate of drug-likeness (QED) is 0.388. The monoisotopic (exact) mass is 364 g/mol. The average Bonchev–Trinajstić information content (AvgIpc) is 3.59. The summed E-state index contributed by atoms with van der Waals surface area (Å²) >= 11 is 0. The average molecular weight is 364 g/mol. The Balaban J connectivity index is 2.12. The van der Waals surface area contributed by atoms with Crippen molar-refractivity contribution < 1.29 is 18.9 Å². The van der Waals surface area contributed by atoms with Gasteiger partial charge in [-0.3, -0.25) is 0 Å². The van der Waals surface area contributed by atoms with Crippen molar-refractivity contribution in [2.75, 3.05) is 13.2 Å². The van der Waals surface area contributed by atoms with Crippen LogP contribution >= 0.6 is 0 Å². The summed E-state index contributed by atoms with van der Waals surface area (Å²) in [6, 6.07) is 4.42. The molecule has 0 amide bonds. The van der Waals surface area contributed by atoms with E-state index in [1.165, 1.54) is 0 Å². The van der Waals surface area contributed by atoms with Gasteiger partial charge in [-0.2, -0.15) is 20.8 Å². The smallest absolute Gasteiger partial charge is 0.198 e. The zero-order valence-corrected chi connectivity index (χ0v) is 16.0. The van der Waals surface area contributed by atoms with E-state index >= 15 is 0 Å². The Kier molecular flexibility index (Phi) is 7.08. The van der Waals surface area contributed by atoms with Crippen LogP contribution in [-0.2, 0) is 18.9 Å². The Hall–Kier alpha value is -1.58. The Labute approximate surface area is 155 Å². The number of nitriles is 2. The van der Waals surface area contributed by atoms with E-state index in [9.17, 15) is 10.5 Å². The number of ether oxygens (including phenoxy) is 4. The molecule has 0 saturated carbocycles. The van der Waals surface area contributed by atoms with E-state index in [4.69, 9.17) is 18.9 Å². The maximum atomic E-state index is 9.72. The molecule has 0 N–H and O–H groups in total. The van der Waals surface area contributed by atoms with Crippen LogP contribution in [0.3, 0.4) is 0 Å². The fourth-order valence-corrected chi connectivity index (χ4v) is 2.76. The number of nitrogens with zero attached hydrogens (tertiary/aromatic N) is 4. The van der Waals surface area contributed by atoms with E-state index in [2.05, 4.69) is 22.4 Å². The highest BCUT2D eigenvalue weighted by Gasteiger charge is 2.59. The minimum atomic E-state index is -1.16. The van der Waals surface area contributed by atoms with Gasteiger partial charge in [0.05, 0.1) is 12.1 Å². The molecule has 2 rings (SSSR count). The third-order valence-corrected chi connectivity index (χ3v) is 4.69. The molecule has 0 aromatic heterocycles. The van der Waals surface area contributed by atoms with Gasteiger partial charge in [0, 0.05) is 13.2 Å². The first-order valence-corrected chi connectivity index (χ1v) is 9.37. The molecule has 0 aromatic rings. The van der Waals surface area contributed by atoms with Gasteiger partial charge in [0.25, 0.3) is 0 Å². The van der Waals surface area contributed by atoms with Crippen molar-refractivity contribution in [3.63, 3.8) is 0 Å². The molecule has 2 aliphatic heterocycles. The standard InChI is InChI=1S/C18H28N4O4/c1-5-9-23-15-13(25-15)17(7-3,11-19)21-22-18(8-4,12-20)14-16(26-14)24-10-6-2/h13-16H,5-10H2,1-4H3. The van der Waals surface area contributed by atoms with E-state index in [1.54, 1.807) is 0 Å². The van der Waals surface area contributed by atoms with E-state index in [0.29, 0.717) is 26.1 Å². The summed E-state index contributed by atoms with van der Waals surface area (Å²) in [7, 11) is 0. The highest BCUT2D eigenvalue weighted by Crippen LogP contribution is 2.42. The molecule has 26 heavy (non-hydrogen) atoms. The molecule has 0 spiro atoms. The maximum absolute atomic E-state index is 9.72. The molecule has 2 saturated heterocycles. The predicted octanol–water partition coefficient (Wildman–Crippen LogP) is 3.09. The van der Waals surface area contributed by atoms with Crippen LogP contribution in [-0.4, -0.2) is 49.1 Å². The van der Waals surface area contributed by atoms with E-state index in [-0.39, 0.29) is 0 Å². The number of rotatable bonds is 12. The molecular weight excluding hydrogens is 336 g/mol. The molecular formula is C18H28N4O4. The van der Waals surface area contributed by atoms with Crippen LogP contribution < -0.4 is 0 Å². The van der Waals surface area contributed by atoms with Crippen molar-refractivity contribution in [2.45, 2.75) is 89.2 Å². The Morgan fingerprint density at radius 3 is 1.46 bits per heavy atom. The third-order valence-electron chi connectivity index (χ3n) is 4.69. The Morgan fingerprint density at radius 2 is 1.19 bits per heavy atom. The predicted molar refractivity (Wildman–Crippen MR) is 91.9 cm³/mol. The van der Waals surface area contributed by atoms with Crippen LogP contribution in [0, 0.1) is 22.7 Å². The lowest BCUT2D eigenvalue weighted by molar-refractivity contribution is 0.0504. The number of azo groups is 1. The number of hydrogen-bond donors (Lipinski definition) is 0. The van der Waals surface area contributed by atoms with E-state index in [0.717, 1.165) is 12.8 Å². The highest BCUT2D eigenvalue weighted by molar-refractivity contribution is 5.20. The summed E-state index contributed by atoms with van der Waals surface area (Å²) in [6.07, 6.45) is 0.749. The molecule has 2 heterocycles. The van der Waals surface area contributed by atoms with Gasteiger partial charge in [-0.15, -0.1) is 0 Å². The first kappa shape index (κ1) is 20.7. The van der Waals surface area contributed by atoms with Crippen LogP contribution in [0.2, 0.25) is 0 Å². The Morgan fingerprint density at radius 1 is 0.808 bits per heavy atom. The third kappa shape index (κ3) is 4.21. The van der Waals surface area contributed by atoms with Gasteiger partial charge in [0.2, 0.25) is 0 Å². The summed E-state index contributed by atoms with van der Waals surface area (Å²) in [6.45, 7) is 8.83. The lowest BCUT2D eigenvalue weighted by Gasteiger charge is -2.21. The van der Waals surface area contributed by atoms with E-state index in [1.807, 2.05) is 27.7 Å². The van der Waals surface area contributed by atoms with Gasteiger partial charge in [-0.1, -0.05) is 27.7 Å². The van der Waals surface area contributed by atoms with Crippen molar-refractivity contribution in [2.24, 2.45) is 10.2 Å². The van der Waals surface area contributed by atoms with Crippen molar-refractivity contribution in [1.29, 1.82) is 10.5 Å². The largest absolute Gasteiger partial charge is 0.350 e. The van der Waals surface area contributed by atoms with Gasteiger partial charge in [-0.25, -0.2) is 0 Å². The van der Waals surface area contributed by atoms with Crippen LogP contribution in [0.4, 0.5) is 0 Å². The molecule has 144 valence electrons. The minimum Gasteiger partial charge on any atom is -0.350 e. The molecule has 6 atom stereocenters. The molecule has 2 aliphatic rings. The summed E-state index contributed by atoms with van der Waals surface area (Å²) in [5, 5.41) is 28.0. The zero-order valence-electron chi connectivity index (χ0n) is 16.0. The number of hydrogen-bond acceptors (Lipinski definition) is 8. The molecule has 2 fully saturated rings. The molecule has 0 aliphatic carbocycles. The molecule has 8 heteroatoms. The van der Waals surface area contributed by atoms with Crippen LogP contribution in [0.5, 0.6) is 0 Å². The minimum absolute atomic E-state index is 0.413. The summed E-state index contributed by atoms with van der Waals surface area (Å²) < 4.78 is 22.1. The van der Waals surface area contributed by atoms with Crippen molar-refractivity contribution in [1.82, 2.24) is 0 Å². The summed E-state index contributed by atoms with van der Waals surface area (Å²) in [5.41, 5.74) is -2.32. The summed E-state index contributed by atoms with van der Waals surface area (Å²) in [4.78, 5) is 0. The van der Waals surface area contributed by atoms with Crippen molar-refractivity contribution >= 4 is 0 Å². The van der Waals surface area contributed by atoms with E-state index < -0.39 is 35.9 Å². The maximum Gasteiger partial charge on any atom is 0.198 e. The van der Waals surface area contributed by atoms with Crippen LogP contribution in [0.1, 0.15) is 53.4 Å². The van der Waals surface area contributed by atoms with Gasteiger partial charge in [0.1, 0.15) is 0 Å².